The van der Waals surface area contributed by atoms with Gasteiger partial charge in [-0.25, -0.2) is 0 Å². The van der Waals surface area contributed by atoms with E-state index in [4.69, 9.17) is 17.2 Å². The zero-order chi connectivity index (χ0) is 16.2. The Morgan fingerprint density at radius 2 is 1.68 bits per heavy atom. The molecule has 5 nitrogen and oxygen atoms in total. The number of unbranched alkanes of at least 4 members (excludes halogenated alkanes) is 1. The summed E-state index contributed by atoms with van der Waals surface area (Å²) in [6.07, 6.45) is 4.59. The van der Waals surface area contributed by atoms with Gasteiger partial charge in [-0.1, -0.05) is 30.3 Å². The van der Waals surface area contributed by atoms with Gasteiger partial charge in [0.15, 0.2) is 0 Å². The molecule has 0 amide bonds. The van der Waals surface area contributed by atoms with Crippen LogP contribution in [0.25, 0.3) is 0 Å². The van der Waals surface area contributed by atoms with E-state index in [1.165, 1.54) is 5.56 Å². The lowest BCUT2D eigenvalue weighted by Gasteiger charge is -2.33. The van der Waals surface area contributed by atoms with Crippen LogP contribution < -0.4 is 17.2 Å². The van der Waals surface area contributed by atoms with Gasteiger partial charge in [0, 0.05) is 6.54 Å². The Labute approximate surface area is 134 Å². The van der Waals surface area contributed by atoms with E-state index in [-0.39, 0.29) is 6.17 Å². The lowest BCUT2D eigenvalue weighted by atomic mass is 10.1. The van der Waals surface area contributed by atoms with Gasteiger partial charge in [0.2, 0.25) is 0 Å². The van der Waals surface area contributed by atoms with E-state index in [2.05, 4.69) is 24.3 Å². The third kappa shape index (κ3) is 7.33. The minimum absolute atomic E-state index is 0.186. The Bertz CT molecular complexity index is 374. The van der Waals surface area contributed by atoms with Gasteiger partial charge in [0.25, 0.3) is 0 Å². The first kappa shape index (κ1) is 19.1. The van der Waals surface area contributed by atoms with Crippen molar-refractivity contribution < 1.29 is 5.11 Å². The van der Waals surface area contributed by atoms with Crippen molar-refractivity contribution in [2.75, 3.05) is 19.6 Å². The number of aliphatic hydroxyl groups excluding tert-OH is 1. The first-order valence-electron chi connectivity index (χ1n) is 8.32. The van der Waals surface area contributed by atoms with Crippen molar-refractivity contribution >= 4 is 0 Å². The third-order valence-electron chi connectivity index (χ3n) is 3.91. The maximum Gasteiger partial charge on any atom is 0.108 e. The Balaban J connectivity index is 2.39. The van der Waals surface area contributed by atoms with Gasteiger partial charge in [-0.15, -0.1) is 0 Å². The lowest BCUT2D eigenvalue weighted by Crippen LogP contribution is -2.49. The molecule has 0 saturated heterocycles. The van der Waals surface area contributed by atoms with Crippen molar-refractivity contribution in [3.8, 4) is 0 Å². The van der Waals surface area contributed by atoms with Gasteiger partial charge in [-0.3, -0.25) is 4.90 Å². The molecule has 0 spiro atoms. The zero-order valence-electron chi connectivity index (χ0n) is 13.5. The number of hydrogen-bond acceptors (Lipinski definition) is 5. The monoisotopic (exact) mass is 308 g/mol. The number of aryl methyl sites for hydroxylation is 1. The second-order valence-corrected chi connectivity index (χ2v) is 5.74. The molecule has 5 heteroatoms. The van der Waals surface area contributed by atoms with Gasteiger partial charge in [0.05, 0.1) is 6.17 Å². The molecular formula is C17H32N4O. The molecule has 2 atom stereocenters. The van der Waals surface area contributed by atoms with Crippen molar-refractivity contribution in [3.05, 3.63) is 35.9 Å². The highest BCUT2D eigenvalue weighted by Gasteiger charge is 2.20. The quantitative estimate of drug-likeness (QED) is 0.341. The second-order valence-electron chi connectivity index (χ2n) is 5.74. The molecule has 1 rings (SSSR count). The van der Waals surface area contributed by atoms with Crippen LogP contribution in [0.3, 0.4) is 0 Å². The first-order chi connectivity index (χ1) is 10.7. The van der Waals surface area contributed by atoms with Crippen molar-refractivity contribution in [1.82, 2.24) is 4.90 Å². The van der Waals surface area contributed by atoms with E-state index in [1.807, 2.05) is 11.0 Å². The fourth-order valence-corrected chi connectivity index (χ4v) is 2.61. The fraction of sp³-hybridized carbons (Fsp3) is 0.647. The highest BCUT2D eigenvalue weighted by Crippen LogP contribution is 2.11. The SMILES string of the molecule is NCCCC(O)N(CCCCc1ccccc1)C(N)CCN. The summed E-state index contributed by atoms with van der Waals surface area (Å²) >= 11 is 0. The number of nitrogens with two attached hydrogens (primary N) is 3. The van der Waals surface area contributed by atoms with E-state index in [9.17, 15) is 5.11 Å². The maximum absolute atomic E-state index is 10.3. The average molecular weight is 308 g/mol. The molecule has 1 aromatic carbocycles. The smallest absolute Gasteiger partial charge is 0.108 e. The topological polar surface area (TPSA) is 102 Å². The summed E-state index contributed by atoms with van der Waals surface area (Å²) in [6, 6.07) is 10.5. The minimum Gasteiger partial charge on any atom is -0.378 e. The molecule has 0 aliphatic carbocycles. The molecule has 1 aromatic rings. The molecule has 7 N–H and O–H groups in total. The summed E-state index contributed by atoms with van der Waals surface area (Å²) < 4.78 is 0. The predicted octanol–water partition coefficient (Wildman–Crippen LogP) is 1.00. The van der Waals surface area contributed by atoms with Crippen molar-refractivity contribution in [1.29, 1.82) is 0 Å². The van der Waals surface area contributed by atoms with Crippen LogP contribution in [0.5, 0.6) is 0 Å². The number of hydrogen-bond donors (Lipinski definition) is 4. The Morgan fingerprint density at radius 1 is 0.955 bits per heavy atom. The standard InChI is InChI=1S/C17H32N4O/c18-12-6-10-17(22)21(16(20)11-13-19)14-5-4-9-15-7-2-1-3-8-15/h1-3,7-8,16-17,22H,4-6,9-14,18-20H2. The normalized spacial score (nSPS) is 14.2. The Hall–Kier alpha value is -0.980. The van der Waals surface area contributed by atoms with Gasteiger partial charge >= 0.3 is 0 Å². The van der Waals surface area contributed by atoms with Gasteiger partial charge in [0.1, 0.15) is 6.23 Å². The molecule has 0 aromatic heterocycles. The van der Waals surface area contributed by atoms with E-state index in [0.717, 1.165) is 32.2 Å². The van der Waals surface area contributed by atoms with Crippen LogP contribution in [0.2, 0.25) is 0 Å². The summed E-state index contributed by atoms with van der Waals surface area (Å²) in [7, 11) is 0. The van der Waals surface area contributed by atoms with E-state index < -0.39 is 6.23 Å². The molecule has 0 heterocycles. The molecule has 126 valence electrons. The highest BCUT2D eigenvalue weighted by atomic mass is 16.3. The zero-order valence-corrected chi connectivity index (χ0v) is 13.5. The van der Waals surface area contributed by atoms with Crippen LogP contribution in [0.4, 0.5) is 0 Å². The molecule has 0 saturated carbocycles. The average Bonchev–Trinajstić information content (AvgIpc) is 2.53. The van der Waals surface area contributed by atoms with Crippen molar-refractivity contribution in [3.63, 3.8) is 0 Å². The van der Waals surface area contributed by atoms with Crippen LogP contribution in [0.15, 0.2) is 30.3 Å². The van der Waals surface area contributed by atoms with E-state index in [1.54, 1.807) is 0 Å². The summed E-state index contributed by atoms with van der Waals surface area (Å²) in [4.78, 5) is 1.97. The summed E-state index contributed by atoms with van der Waals surface area (Å²) in [5, 5.41) is 10.3. The summed E-state index contributed by atoms with van der Waals surface area (Å²) in [5.74, 6) is 0. The third-order valence-corrected chi connectivity index (χ3v) is 3.91. The molecular weight excluding hydrogens is 276 g/mol. The number of aliphatic hydroxyl groups is 1. The van der Waals surface area contributed by atoms with E-state index in [0.29, 0.717) is 25.9 Å². The molecule has 22 heavy (non-hydrogen) atoms. The van der Waals surface area contributed by atoms with Crippen molar-refractivity contribution in [2.24, 2.45) is 17.2 Å². The fourth-order valence-electron chi connectivity index (χ4n) is 2.61. The number of nitrogens with zero attached hydrogens (tertiary/aromatic N) is 1. The Kier molecular flexibility index (Phi) is 10.0. The minimum atomic E-state index is -0.526. The number of rotatable bonds is 12. The molecule has 0 radical (unpaired) electrons. The Morgan fingerprint density at radius 3 is 2.32 bits per heavy atom. The number of benzene rings is 1. The first-order valence-corrected chi connectivity index (χ1v) is 8.32. The predicted molar refractivity (Wildman–Crippen MR) is 92.0 cm³/mol. The lowest BCUT2D eigenvalue weighted by molar-refractivity contribution is -0.0321. The van der Waals surface area contributed by atoms with Crippen LogP contribution in [0.1, 0.15) is 37.7 Å². The molecule has 0 aliphatic heterocycles. The van der Waals surface area contributed by atoms with Crippen molar-refractivity contribution in [2.45, 2.75) is 50.9 Å². The summed E-state index contributed by atoms with van der Waals surface area (Å²) in [5.41, 5.74) is 18.6. The maximum atomic E-state index is 10.3. The van der Waals surface area contributed by atoms with Gasteiger partial charge < -0.3 is 22.3 Å². The van der Waals surface area contributed by atoms with Crippen LogP contribution in [0, 0.1) is 0 Å². The second kappa shape index (κ2) is 11.6. The highest BCUT2D eigenvalue weighted by molar-refractivity contribution is 5.14. The molecule has 0 aliphatic rings. The van der Waals surface area contributed by atoms with Crippen LogP contribution in [-0.2, 0) is 6.42 Å². The molecule has 2 unspecified atom stereocenters. The molecule has 0 fully saturated rings. The van der Waals surface area contributed by atoms with Crippen LogP contribution >= 0.6 is 0 Å². The van der Waals surface area contributed by atoms with Gasteiger partial charge in [-0.2, -0.15) is 0 Å². The van der Waals surface area contributed by atoms with Crippen LogP contribution in [-0.4, -0.2) is 42.0 Å². The summed E-state index contributed by atoms with van der Waals surface area (Å²) in [6.45, 7) is 1.91. The van der Waals surface area contributed by atoms with Gasteiger partial charge in [-0.05, 0) is 57.2 Å². The van der Waals surface area contributed by atoms with E-state index >= 15 is 0 Å². The largest absolute Gasteiger partial charge is 0.378 e. The molecule has 0 bridgehead atoms.